The highest BCUT2D eigenvalue weighted by Crippen LogP contribution is 2.43. The molecule has 174 valence electrons. The Morgan fingerprint density at radius 1 is 0.697 bits per heavy atom. The molecule has 0 N–H and O–H groups in total. The molecule has 0 bridgehead atoms. The standard InChI is InChI=1S/C29H34O4/c1-28(2,3)24-17-21(32-8)18-25(29(4,5)6)26(24)33-27(30)23-16-20(31-7)14-15-22(23)19-12-10-9-11-13-19/h9-18H,1-8H3. The maximum Gasteiger partial charge on any atom is 0.344 e. The minimum absolute atomic E-state index is 0.263. The average Bonchev–Trinajstić information content (AvgIpc) is 2.77. The number of hydrogen-bond acceptors (Lipinski definition) is 4. The smallest absolute Gasteiger partial charge is 0.344 e. The van der Waals surface area contributed by atoms with Crippen LogP contribution in [0.3, 0.4) is 0 Å². The van der Waals surface area contributed by atoms with E-state index in [0.29, 0.717) is 17.1 Å². The summed E-state index contributed by atoms with van der Waals surface area (Å²) in [6.07, 6.45) is 0. The zero-order valence-electron chi connectivity index (χ0n) is 20.9. The minimum Gasteiger partial charge on any atom is -0.497 e. The monoisotopic (exact) mass is 446 g/mol. The molecule has 0 aliphatic heterocycles. The van der Waals surface area contributed by atoms with Crippen LogP contribution < -0.4 is 14.2 Å². The summed E-state index contributed by atoms with van der Waals surface area (Å²) in [4.78, 5) is 13.7. The van der Waals surface area contributed by atoms with E-state index in [1.54, 1.807) is 20.3 Å². The molecule has 0 amide bonds. The van der Waals surface area contributed by atoms with Gasteiger partial charge in [-0.15, -0.1) is 0 Å². The van der Waals surface area contributed by atoms with E-state index in [-0.39, 0.29) is 10.8 Å². The first kappa shape index (κ1) is 24.4. The number of ether oxygens (including phenoxy) is 3. The van der Waals surface area contributed by atoms with E-state index in [1.165, 1.54) is 0 Å². The van der Waals surface area contributed by atoms with Crippen LogP contribution in [-0.4, -0.2) is 20.2 Å². The Balaban J connectivity index is 2.19. The van der Waals surface area contributed by atoms with Crippen molar-refractivity contribution in [2.24, 2.45) is 0 Å². The lowest BCUT2D eigenvalue weighted by atomic mass is 9.79. The van der Waals surface area contributed by atoms with Crippen molar-refractivity contribution in [3.05, 3.63) is 77.4 Å². The highest BCUT2D eigenvalue weighted by atomic mass is 16.5. The van der Waals surface area contributed by atoms with Crippen molar-refractivity contribution in [3.8, 4) is 28.4 Å². The Hall–Kier alpha value is -3.27. The highest BCUT2D eigenvalue weighted by molar-refractivity contribution is 5.99. The van der Waals surface area contributed by atoms with Crippen LogP contribution in [0.5, 0.6) is 17.2 Å². The third kappa shape index (κ3) is 5.39. The maximum atomic E-state index is 13.7. The van der Waals surface area contributed by atoms with Crippen LogP contribution >= 0.6 is 0 Å². The van der Waals surface area contributed by atoms with Crippen LogP contribution in [0, 0.1) is 0 Å². The Bertz CT molecular complexity index is 1100. The normalized spacial score (nSPS) is 11.8. The third-order valence-electron chi connectivity index (χ3n) is 5.64. The molecule has 0 atom stereocenters. The van der Waals surface area contributed by atoms with Gasteiger partial charge in [-0.05, 0) is 52.3 Å². The summed E-state index contributed by atoms with van der Waals surface area (Å²) in [5.74, 6) is 1.51. The zero-order chi connectivity index (χ0) is 24.4. The van der Waals surface area contributed by atoms with E-state index in [0.717, 1.165) is 28.0 Å². The van der Waals surface area contributed by atoms with Gasteiger partial charge in [0.25, 0.3) is 0 Å². The molecular formula is C29H34O4. The first-order valence-electron chi connectivity index (χ1n) is 11.1. The molecule has 0 saturated heterocycles. The van der Waals surface area contributed by atoms with Crippen LogP contribution in [-0.2, 0) is 10.8 Å². The van der Waals surface area contributed by atoms with Crippen LogP contribution in [0.4, 0.5) is 0 Å². The van der Waals surface area contributed by atoms with E-state index in [4.69, 9.17) is 14.2 Å². The summed E-state index contributed by atoms with van der Waals surface area (Å²) in [5, 5.41) is 0. The van der Waals surface area contributed by atoms with E-state index >= 15 is 0 Å². The molecule has 0 aliphatic carbocycles. The quantitative estimate of drug-likeness (QED) is 0.307. The molecule has 33 heavy (non-hydrogen) atoms. The van der Waals surface area contributed by atoms with Crippen LogP contribution in [0.25, 0.3) is 11.1 Å². The largest absolute Gasteiger partial charge is 0.497 e. The van der Waals surface area contributed by atoms with Gasteiger partial charge in [-0.25, -0.2) is 4.79 Å². The minimum atomic E-state index is -0.422. The number of rotatable bonds is 5. The SMILES string of the molecule is COc1ccc(-c2ccccc2)c(C(=O)Oc2c(C(C)(C)C)cc(OC)cc2C(C)(C)C)c1. The molecule has 0 saturated carbocycles. The van der Waals surface area contributed by atoms with Gasteiger partial charge >= 0.3 is 5.97 Å². The van der Waals surface area contributed by atoms with Crippen molar-refractivity contribution < 1.29 is 19.0 Å². The number of esters is 1. The molecule has 4 nitrogen and oxygen atoms in total. The second-order valence-corrected chi connectivity index (χ2v) is 10.2. The van der Waals surface area contributed by atoms with Gasteiger partial charge in [0.2, 0.25) is 0 Å². The van der Waals surface area contributed by atoms with Crippen molar-refractivity contribution in [2.45, 2.75) is 52.4 Å². The predicted molar refractivity (Wildman–Crippen MR) is 134 cm³/mol. The zero-order valence-corrected chi connectivity index (χ0v) is 20.9. The summed E-state index contributed by atoms with van der Waals surface area (Å²) >= 11 is 0. The fraction of sp³-hybridized carbons (Fsp3) is 0.345. The average molecular weight is 447 g/mol. The van der Waals surface area contributed by atoms with Gasteiger partial charge in [-0.3, -0.25) is 0 Å². The fourth-order valence-electron chi connectivity index (χ4n) is 3.78. The van der Waals surface area contributed by atoms with Gasteiger partial charge in [-0.1, -0.05) is 71.9 Å². The summed E-state index contributed by atoms with van der Waals surface area (Å²) in [6, 6.07) is 19.2. The molecule has 3 aromatic rings. The molecule has 0 heterocycles. The molecule has 3 rings (SSSR count). The fourth-order valence-corrected chi connectivity index (χ4v) is 3.78. The van der Waals surface area contributed by atoms with Crippen molar-refractivity contribution in [2.75, 3.05) is 14.2 Å². The van der Waals surface area contributed by atoms with E-state index in [9.17, 15) is 4.79 Å². The first-order chi connectivity index (χ1) is 15.5. The highest BCUT2D eigenvalue weighted by Gasteiger charge is 2.30. The summed E-state index contributed by atoms with van der Waals surface area (Å²) in [7, 11) is 3.24. The van der Waals surface area contributed by atoms with E-state index < -0.39 is 5.97 Å². The van der Waals surface area contributed by atoms with Crippen molar-refractivity contribution >= 4 is 5.97 Å². The molecule has 0 aliphatic rings. The Morgan fingerprint density at radius 2 is 1.24 bits per heavy atom. The molecule has 0 radical (unpaired) electrons. The first-order valence-corrected chi connectivity index (χ1v) is 11.1. The van der Waals surface area contributed by atoms with Crippen molar-refractivity contribution in [1.82, 2.24) is 0 Å². The van der Waals surface area contributed by atoms with Gasteiger partial charge < -0.3 is 14.2 Å². The van der Waals surface area contributed by atoms with E-state index in [1.807, 2.05) is 54.6 Å². The van der Waals surface area contributed by atoms with Crippen molar-refractivity contribution in [1.29, 1.82) is 0 Å². The topological polar surface area (TPSA) is 44.8 Å². The Morgan fingerprint density at radius 3 is 1.73 bits per heavy atom. The van der Waals surface area contributed by atoms with E-state index in [2.05, 4.69) is 41.5 Å². The molecule has 3 aromatic carbocycles. The molecule has 0 aromatic heterocycles. The summed E-state index contributed by atoms with van der Waals surface area (Å²) in [5.41, 5.74) is 3.50. The lowest BCUT2D eigenvalue weighted by Gasteiger charge is -2.30. The lowest BCUT2D eigenvalue weighted by molar-refractivity contribution is 0.0729. The van der Waals surface area contributed by atoms with Gasteiger partial charge in [-0.2, -0.15) is 0 Å². The second kappa shape index (κ2) is 9.30. The number of methoxy groups -OCH3 is 2. The van der Waals surface area contributed by atoms with Crippen LogP contribution in [0.15, 0.2) is 60.7 Å². The maximum absolute atomic E-state index is 13.7. The van der Waals surface area contributed by atoms with Gasteiger partial charge in [0.1, 0.15) is 17.2 Å². The van der Waals surface area contributed by atoms with Crippen molar-refractivity contribution in [3.63, 3.8) is 0 Å². The molecule has 0 unspecified atom stereocenters. The summed E-state index contributed by atoms with van der Waals surface area (Å²) < 4.78 is 17.2. The lowest BCUT2D eigenvalue weighted by Crippen LogP contribution is -2.22. The van der Waals surface area contributed by atoms with Crippen LogP contribution in [0.2, 0.25) is 0 Å². The Labute approximate surface area is 197 Å². The van der Waals surface area contributed by atoms with Gasteiger partial charge in [0, 0.05) is 11.1 Å². The number of hydrogen-bond donors (Lipinski definition) is 0. The third-order valence-corrected chi connectivity index (χ3v) is 5.64. The molecular weight excluding hydrogens is 412 g/mol. The Kier molecular flexibility index (Phi) is 6.87. The van der Waals surface area contributed by atoms with Gasteiger partial charge in [0.05, 0.1) is 19.8 Å². The number of benzene rings is 3. The number of carbonyl (C=O) groups is 1. The molecule has 4 heteroatoms. The summed E-state index contributed by atoms with van der Waals surface area (Å²) in [6.45, 7) is 12.6. The number of carbonyl (C=O) groups excluding carboxylic acids is 1. The molecule has 0 spiro atoms. The van der Waals surface area contributed by atoms with Gasteiger partial charge in [0.15, 0.2) is 0 Å². The van der Waals surface area contributed by atoms with Crippen LogP contribution in [0.1, 0.15) is 63.0 Å². The second-order valence-electron chi connectivity index (χ2n) is 10.2. The molecule has 0 fully saturated rings. The predicted octanol–water partition coefficient (Wildman–Crippen LogP) is 7.19.